The van der Waals surface area contributed by atoms with E-state index in [2.05, 4.69) is 10.1 Å². The lowest BCUT2D eigenvalue weighted by Gasteiger charge is -2.37. The third-order valence-electron chi connectivity index (χ3n) is 5.94. The molecule has 2 fully saturated rings. The average molecular weight is 374 g/mol. The second kappa shape index (κ2) is 7.03. The van der Waals surface area contributed by atoms with Crippen molar-refractivity contribution in [1.29, 1.82) is 0 Å². The topological polar surface area (TPSA) is 57.0 Å². The quantitative estimate of drug-likeness (QED) is 0.525. The van der Waals surface area contributed by atoms with Gasteiger partial charge in [0.25, 0.3) is 0 Å². The van der Waals surface area contributed by atoms with Crippen molar-refractivity contribution in [3.05, 3.63) is 40.8 Å². The van der Waals surface area contributed by atoms with E-state index in [0.717, 1.165) is 23.4 Å². The van der Waals surface area contributed by atoms with Gasteiger partial charge in [0.2, 0.25) is 0 Å². The summed E-state index contributed by atoms with van der Waals surface area (Å²) in [6, 6.07) is 5.40. The average Bonchev–Trinajstić information content (AvgIpc) is 3.33. The fourth-order valence-corrected chi connectivity index (χ4v) is 4.32. The molecule has 0 bridgehead atoms. The summed E-state index contributed by atoms with van der Waals surface area (Å²) >= 11 is 6.14. The summed E-state index contributed by atoms with van der Waals surface area (Å²) in [5, 5.41) is 4.74. The van der Waals surface area contributed by atoms with Crippen LogP contribution in [-0.2, 0) is 11.2 Å². The monoisotopic (exact) mass is 373 g/mol. The molecule has 5 nitrogen and oxygen atoms in total. The Labute approximate surface area is 158 Å². The van der Waals surface area contributed by atoms with Gasteiger partial charge < -0.3 is 4.74 Å². The highest BCUT2D eigenvalue weighted by Crippen LogP contribution is 2.65. The molecule has 2 heterocycles. The summed E-state index contributed by atoms with van der Waals surface area (Å²) in [6.45, 7) is 2.07. The number of aromatic nitrogens is 3. The Morgan fingerprint density at radius 3 is 2.85 bits per heavy atom. The van der Waals surface area contributed by atoms with Gasteiger partial charge in [-0.2, -0.15) is 5.10 Å². The Morgan fingerprint density at radius 1 is 1.35 bits per heavy atom. The number of halogens is 1. The molecule has 2 aromatic heterocycles. The molecule has 4 rings (SSSR count). The summed E-state index contributed by atoms with van der Waals surface area (Å²) in [4.78, 5) is 16.1. The summed E-state index contributed by atoms with van der Waals surface area (Å²) < 4.78 is 6.68. The number of hydrogen-bond acceptors (Lipinski definition) is 4. The highest BCUT2D eigenvalue weighted by molar-refractivity contribution is 6.32. The molecule has 2 aliphatic carbocycles. The zero-order chi connectivity index (χ0) is 18.1. The summed E-state index contributed by atoms with van der Waals surface area (Å²) in [5.74, 6) is 1.10. The lowest BCUT2D eigenvalue weighted by atomic mass is 9.68. The fourth-order valence-electron chi connectivity index (χ4n) is 4.09. The first-order chi connectivity index (χ1) is 12.6. The van der Waals surface area contributed by atoms with E-state index in [4.69, 9.17) is 16.3 Å². The van der Waals surface area contributed by atoms with E-state index in [-0.39, 0.29) is 10.7 Å². The Bertz CT molecular complexity index is 813. The minimum Gasteiger partial charge on any atom is -0.462 e. The van der Waals surface area contributed by atoms with E-state index in [9.17, 15) is 4.79 Å². The highest BCUT2D eigenvalue weighted by atomic mass is 35.5. The molecule has 138 valence electrons. The standard InChI is InChI=1S/C20H24ClN3O2/c1-2-26-19(25)16-6-7-17(22-18(16)21)24-13-9-15(23-24)5-3-4-14-8-10-20(14)11-12-20/h6-7,9,13-14H,2-5,8,10-12H2,1H3. The van der Waals surface area contributed by atoms with Crippen molar-refractivity contribution < 1.29 is 9.53 Å². The van der Waals surface area contributed by atoms with Gasteiger partial charge in [-0.15, -0.1) is 0 Å². The molecular weight excluding hydrogens is 350 g/mol. The predicted octanol–water partition coefficient (Wildman–Crippen LogP) is 4.61. The number of rotatable bonds is 7. The van der Waals surface area contributed by atoms with Gasteiger partial charge >= 0.3 is 5.97 Å². The van der Waals surface area contributed by atoms with Crippen LogP contribution in [0.5, 0.6) is 0 Å². The normalized spacial score (nSPS) is 20.0. The van der Waals surface area contributed by atoms with Crippen LogP contribution >= 0.6 is 11.6 Å². The zero-order valence-electron chi connectivity index (χ0n) is 15.1. The number of carbonyl (C=O) groups is 1. The molecule has 1 spiro atoms. The van der Waals surface area contributed by atoms with Crippen molar-refractivity contribution in [2.45, 2.75) is 51.9 Å². The smallest absolute Gasteiger partial charge is 0.341 e. The number of aryl methyl sites for hydroxylation is 1. The number of pyridine rings is 1. The molecular formula is C20H24ClN3O2. The van der Waals surface area contributed by atoms with Crippen LogP contribution in [0, 0.1) is 11.3 Å². The van der Waals surface area contributed by atoms with Gasteiger partial charge in [-0.25, -0.2) is 14.5 Å². The Hall–Kier alpha value is -1.88. The molecule has 0 aromatic carbocycles. The summed E-state index contributed by atoms with van der Waals surface area (Å²) in [5.41, 5.74) is 2.11. The van der Waals surface area contributed by atoms with Crippen molar-refractivity contribution in [2.75, 3.05) is 6.61 Å². The van der Waals surface area contributed by atoms with Crippen LogP contribution in [0.2, 0.25) is 5.15 Å². The molecule has 2 aromatic rings. The summed E-state index contributed by atoms with van der Waals surface area (Å²) in [7, 11) is 0. The van der Waals surface area contributed by atoms with Crippen LogP contribution in [0.4, 0.5) is 0 Å². The van der Waals surface area contributed by atoms with E-state index < -0.39 is 5.97 Å². The minimum atomic E-state index is -0.456. The molecule has 1 atom stereocenters. The highest BCUT2D eigenvalue weighted by Gasteiger charge is 2.54. The minimum absolute atomic E-state index is 0.137. The SMILES string of the molecule is CCOC(=O)c1ccc(-n2ccc(CCCC3CCC34CC4)n2)nc1Cl. The second-order valence-corrected chi connectivity index (χ2v) is 7.83. The maximum atomic E-state index is 11.8. The van der Waals surface area contributed by atoms with Crippen LogP contribution < -0.4 is 0 Å². The lowest BCUT2D eigenvalue weighted by molar-refractivity contribution is 0.0526. The first-order valence-corrected chi connectivity index (χ1v) is 9.88. The van der Waals surface area contributed by atoms with E-state index in [1.165, 1.54) is 38.5 Å². The molecule has 26 heavy (non-hydrogen) atoms. The zero-order valence-corrected chi connectivity index (χ0v) is 15.8. The third-order valence-corrected chi connectivity index (χ3v) is 6.23. The maximum Gasteiger partial charge on any atom is 0.341 e. The van der Waals surface area contributed by atoms with Crippen molar-refractivity contribution in [2.24, 2.45) is 11.3 Å². The number of carbonyl (C=O) groups excluding carboxylic acids is 1. The predicted molar refractivity (Wildman–Crippen MR) is 99.7 cm³/mol. The molecule has 6 heteroatoms. The largest absolute Gasteiger partial charge is 0.462 e. The van der Waals surface area contributed by atoms with E-state index in [1.54, 1.807) is 23.7 Å². The molecule has 2 aliphatic rings. The van der Waals surface area contributed by atoms with Gasteiger partial charge in [-0.05, 0) is 81.4 Å². The van der Waals surface area contributed by atoms with Crippen molar-refractivity contribution in [3.8, 4) is 5.82 Å². The number of esters is 1. The Balaban J connectivity index is 1.36. The van der Waals surface area contributed by atoms with E-state index in [1.807, 2.05) is 12.3 Å². The van der Waals surface area contributed by atoms with Gasteiger partial charge in [0.15, 0.2) is 5.82 Å². The summed E-state index contributed by atoms with van der Waals surface area (Å²) in [6.07, 6.45) is 11.2. The molecule has 0 aliphatic heterocycles. The first kappa shape index (κ1) is 17.5. The molecule has 0 saturated heterocycles. The van der Waals surface area contributed by atoms with Gasteiger partial charge in [-0.1, -0.05) is 11.6 Å². The number of nitrogens with zero attached hydrogens (tertiary/aromatic N) is 3. The van der Waals surface area contributed by atoms with Crippen molar-refractivity contribution in [1.82, 2.24) is 14.8 Å². The van der Waals surface area contributed by atoms with E-state index >= 15 is 0 Å². The second-order valence-electron chi connectivity index (χ2n) is 7.47. The van der Waals surface area contributed by atoms with Crippen molar-refractivity contribution >= 4 is 17.6 Å². The van der Waals surface area contributed by atoms with Gasteiger partial charge in [0.1, 0.15) is 5.15 Å². The lowest BCUT2D eigenvalue weighted by Crippen LogP contribution is -2.27. The van der Waals surface area contributed by atoms with Gasteiger partial charge in [-0.3, -0.25) is 0 Å². The van der Waals surface area contributed by atoms with E-state index in [0.29, 0.717) is 12.4 Å². The number of hydrogen-bond donors (Lipinski definition) is 0. The van der Waals surface area contributed by atoms with Crippen LogP contribution in [-0.4, -0.2) is 27.3 Å². The van der Waals surface area contributed by atoms with Crippen LogP contribution in [0.3, 0.4) is 0 Å². The fraction of sp³-hybridized carbons (Fsp3) is 0.550. The number of ether oxygens (including phenoxy) is 1. The van der Waals surface area contributed by atoms with Crippen LogP contribution in [0.1, 0.15) is 61.5 Å². The van der Waals surface area contributed by atoms with Crippen molar-refractivity contribution in [3.63, 3.8) is 0 Å². The molecule has 2 saturated carbocycles. The third kappa shape index (κ3) is 3.37. The molecule has 0 amide bonds. The molecule has 1 unspecified atom stereocenters. The Morgan fingerprint density at radius 2 is 2.19 bits per heavy atom. The maximum absolute atomic E-state index is 11.8. The van der Waals surface area contributed by atoms with Crippen LogP contribution in [0.25, 0.3) is 5.82 Å². The van der Waals surface area contributed by atoms with Crippen LogP contribution in [0.15, 0.2) is 24.4 Å². The Kier molecular flexibility index (Phi) is 4.74. The molecule has 0 radical (unpaired) electrons. The van der Waals surface area contributed by atoms with Gasteiger partial charge in [0, 0.05) is 6.20 Å². The van der Waals surface area contributed by atoms with Gasteiger partial charge in [0.05, 0.1) is 17.9 Å². The molecule has 0 N–H and O–H groups in total. The first-order valence-electron chi connectivity index (χ1n) is 9.50.